The van der Waals surface area contributed by atoms with Crippen molar-refractivity contribution in [3.63, 3.8) is 0 Å². The first-order valence-corrected chi connectivity index (χ1v) is 7.15. The summed E-state index contributed by atoms with van der Waals surface area (Å²) in [6.07, 6.45) is 0. The fourth-order valence-corrected chi connectivity index (χ4v) is 3.40. The predicted molar refractivity (Wildman–Crippen MR) is 89.2 cm³/mol. The SMILES string of the molecule is Br.Cc1ccc2c(c1)C1c3cc(O)c(O)cc3OCC1NC2. The van der Waals surface area contributed by atoms with E-state index in [1.807, 2.05) is 0 Å². The number of nitrogens with one attached hydrogen (secondary N) is 1. The number of aryl methyl sites for hydroxylation is 1. The standard InChI is InChI=1S/C17H17NO3.BrH/c1-9-2-3-10-7-18-13-8-21-16-6-15(20)14(19)5-12(16)17(13)11(10)4-9;/h2-6,13,17-20H,7-8H2,1H3;1H. The lowest BCUT2D eigenvalue weighted by Gasteiger charge is -2.39. The van der Waals surface area contributed by atoms with E-state index in [9.17, 15) is 10.2 Å². The van der Waals surface area contributed by atoms with Gasteiger partial charge in [-0.2, -0.15) is 0 Å². The van der Waals surface area contributed by atoms with Crippen molar-refractivity contribution in [1.29, 1.82) is 0 Å². The average molecular weight is 364 g/mol. The van der Waals surface area contributed by atoms with E-state index >= 15 is 0 Å². The van der Waals surface area contributed by atoms with Gasteiger partial charge in [-0.05, 0) is 24.1 Å². The van der Waals surface area contributed by atoms with Crippen LogP contribution in [0.3, 0.4) is 0 Å². The number of halogens is 1. The Morgan fingerprint density at radius 2 is 1.86 bits per heavy atom. The van der Waals surface area contributed by atoms with Gasteiger partial charge < -0.3 is 20.3 Å². The van der Waals surface area contributed by atoms with Crippen LogP contribution in [0.15, 0.2) is 30.3 Å². The van der Waals surface area contributed by atoms with Gasteiger partial charge in [-0.1, -0.05) is 23.8 Å². The highest BCUT2D eigenvalue weighted by Crippen LogP contribution is 2.45. The van der Waals surface area contributed by atoms with Gasteiger partial charge in [0.25, 0.3) is 0 Å². The minimum absolute atomic E-state index is 0. The van der Waals surface area contributed by atoms with Crippen LogP contribution in [0, 0.1) is 6.92 Å². The summed E-state index contributed by atoms with van der Waals surface area (Å²) in [5, 5.41) is 23.0. The normalized spacial score (nSPS) is 21.7. The molecule has 0 saturated carbocycles. The Morgan fingerprint density at radius 1 is 1.09 bits per heavy atom. The second kappa shape index (κ2) is 5.48. The number of aromatic hydroxyl groups is 2. The van der Waals surface area contributed by atoms with Crippen molar-refractivity contribution >= 4 is 17.0 Å². The van der Waals surface area contributed by atoms with E-state index in [0.29, 0.717) is 12.4 Å². The molecule has 4 rings (SSSR count). The zero-order valence-corrected chi connectivity index (χ0v) is 13.9. The lowest BCUT2D eigenvalue weighted by atomic mass is 9.78. The highest BCUT2D eigenvalue weighted by molar-refractivity contribution is 8.93. The highest BCUT2D eigenvalue weighted by atomic mass is 79.9. The summed E-state index contributed by atoms with van der Waals surface area (Å²) in [7, 11) is 0. The summed E-state index contributed by atoms with van der Waals surface area (Å²) < 4.78 is 5.74. The van der Waals surface area contributed by atoms with Crippen molar-refractivity contribution in [2.45, 2.75) is 25.4 Å². The topological polar surface area (TPSA) is 61.7 Å². The zero-order chi connectivity index (χ0) is 14.6. The fourth-order valence-electron chi connectivity index (χ4n) is 3.40. The van der Waals surface area contributed by atoms with E-state index in [2.05, 4.69) is 30.4 Å². The molecule has 2 unspecified atom stereocenters. The largest absolute Gasteiger partial charge is 0.504 e. The van der Waals surface area contributed by atoms with Gasteiger partial charge in [0.1, 0.15) is 12.4 Å². The molecule has 2 heterocycles. The number of fused-ring (bicyclic) bond motifs is 5. The molecule has 2 aliphatic heterocycles. The number of hydrogen-bond acceptors (Lipinski definition) is 4. The number of benzene rings is 2. The quantitative estimate of drug-likeness (QED) is 0.629. The number of hydrogen-bond donors (Lipinski definition) is 3. The first-order chi connectivity index (χ1) is 10.1. The monoisotopic (exact) mass is 363 g/mol. The van der Waals surface area contributed by atoms with Crippen molar-refractivity contribution in [3.8, 4) is 17.2 Å². The molecular weight excluding hydrogens is 346 g/mol. The molecule has 0 spiro atoms. The maximum absolute atomic E-state index is 9.84. The maximum Gasteiger partial charge on any atom is 0.161 e. The molecule has 0 aromatic heterocycles. The molecular formula is C17H18BrNO3. The number of phenols is 2. The van der Waals surface area contributed by atoms with E-state index in [1.54, 1.807) is 6.07 Å². The van der Waals surface area contributed by atoms with Crippen molar-refractivity contribution in [2.75, 3.05) is 6.61 Å². The van der Waals surface area contributed by atoms with Crippen LogP contribution in [0.5, 0.6) is 17.2 Å². The molecule has 0 bridgehead atoms. The summed E-state index contributed by atoms with van der Waals surface area (Å²) in [6, 6.07) is 9.81. The van der Waals surface area contributed by atoms with E-state index in [-0.39, 0.29) is 40.4 Å². The number of rotatable bonds is 0. The Kier molecular flexibility index (Phi) is 3.78. The Morgan fingerprint density at radius 3 is 2.68 bits per heavy atom. The molecule has 2 aromatic rings. The smallest absolute Gasteiger partial charge is 0.161 e. The molecule has 0 fully saturated rings. The minimum atomic E-state index is -0.138. The Balaban J connectivity index is 0.00000144. The number of ether oxygens (including phenoxy) is 1. The Labute approximate surface area is 139 Å². The van der Waals surface area contributed by atoms with Gasteiger partial charge in [-0.25, -0.2) is 0 Å². The summed E-state index contributed by atoms with van der Waals surface area (Å²) in [5.74, 6) is 0.560. The van der Waals surface area contributed by atoms with Crippen LogP contribution in [0.1, 0.15) is 28.2 Å². The van der Waals surface area contributed by atoms with Crippen molar-refractivity contribution in [3.05, 3.63) is 52.6 Å². The van der Waals surface area contributed by atoms with E-state index in [0.717, 1.165) is 12.1 Å². The van der Waals surface area contributed by atoms with E-state index in [4.69, 9.17) is 4.74 Å². The zero-order valence-electron chi connectivity index (χ0n) is 12.2. The van der Waals surface area contributed by atoms with Crippen LogP contribution in [0.25, 0.3) is 0 Å². The second-order valence-electron chi connectivity index (χ2n) is 5.86. The highest BCUT2D eigenvalue weighted by Gasteiger charge is 2.36. The molecule has 0 radical (unpaired) electrons. The molecule has 2 aromatic carbocycles. The van der Waals surface area contributed by atoms with Gasteiger partial charge in [0, 0.05) is 24.1 Å². The van der Waals surface area contributed by atoms with Crippen molar-refractivity contribution in [1.82, 2.24) is 5.32 Å². The lowest BCUT2D eigenvalue weighted by molar-refractivity contribution is 0.214. The molecule has 2 atom stereocenters. The van der Waals surface area contributed by atoms with Gasteiger partial charge in [0.05, 0.1) is 6.04 Å². The van der Waals surface area contributed by atoms with Crippen LogP contribution < -0.4 is 10.1 Å². The molecule has 5 heteroatoms. The van der Waals surface area contributed by atoms with E-state index in [1.165, 1.54) is 22.8 Å². The first-order valence-electron chi connectivity index (χ1n) is 7.15. The predicted octanol–water partition coefficient (Wildman–Crippen LogP) is 2.98. The maximum atomic E-state index is 9.84. The molecule has 2 aliphatic rings. The fraction of sp³-hybridized carbons (Fsp3) is 0.294. The molecule has 0 aliphatic carbocycles. The molecule has 3 N–H and O–H groups in total. The Hall–Kier alpha value is -1.72. The molecule has 22 heavy (non-hydrogen) atoms. The third kappa shape index (κ3) is 2.25. The summed E-state index contributed by atoms with van der Waals surface area (Å²) in [5.41, 5.74) is 4.72. The van der Waals surface area contributed by atoms with Crippen LogP contribution in [0.2, 0.25) is 0 Å². The molecule has 0 amide bonds. The minimum Gasteiger partial charge on any atom is -0.504 e. The van der Waals surface area contributed by atoms with Gasteiger partial charge >= 0.3 is 0 Å². The second-order valence-corrected chi connectivity index (χ2v) is 5.86. The summed E-state index contributed by atoms with van der Waals surface area (Å²) in [4.78, 5) is 0. The average Bonchev–Trinajstić information content (AvgIpc) is 2.48. The van der Waals surface area contributed by atoms with E-state index < -0.39 is 0 Å². The van der Waals surface area contributed by atoms with Crippen LogP contribution in [-0.2, 0) is 6.54 Å². The molecule has 116 valence electrons. The molecule has 4 nitrogen and oxygen atoms in total. The van der Waals surface area contributed by atoms with Gasteiger partial charge in [0.2, 0.25) is 0 Å². The summed E-state index contributed by atoms with van der Waals surface area (Å²) in [6.45, 7) is 3.49. The van der Waals surface area contributed by atoms with Crippen molar-refractivity contribution in [2.24, 2.45) is 0 Å². The van der Waals surface area contributed by atoms with Crippen molar-refractivity contribution < 1.29 is 14.9 Å². The molecule has 0 saturated heterocycles. The number of phenolic OH excluding ortho intramolecular Hbond substituents is 2. The lowest BCUT2D eigenvalue weighted by Crippen LogP contribution is -2.46. The van der Waals surface area contributed by atoms with Gasteiger partial charge in [0.15, 0.2) is 11.5 Å². The third-order valence-electron chi connectivity index (χ3n) is 4.45. The van der Waals surface area contributed by atoms with Gasteiger partial charge in [-0.15, -0.1) is 17.0 Å². The Bertz CT molecular complexity index is 732. The van der Waals surface area contributed by atoms with Crippen LogP contribution >= 0.6 is 17.0 Å². The first kappa shape index (κ1) is 15.2. The third-order valence-corrected chi connectivity index (χ3v) is 4.45. The summed E-state index contributed by atoms with van der Waals surface area (Å²) >= 11 is 0. The van der Waals surface area contributed by atoms with Crippen LogP contribution in [0.4, 0.5) is 0 Å². The van der Waals surface area contributed by atoms with Crippen LogP contribution in [-0.4, -0.2) is 22.9 Å². The van der Waals surface area contributed by atoms with Gasteiger partial charge in [-0.3, -0.25) is 0 Å².